The van der Waals surface area contributed by atoms with E-state index in [9.17, 15) is 9.59 Å². The van der Waals surface area contributed by atoms with E-state index < -0.39 is 11.7 Å². The van der Waals surface area contributed by atoms with Crippen molar-refractivity contribution < 1.29 is 14.3 Å². The zero-order valence-electron chi connectivity index (χ0n) is 14.0. The van der Waals surface area contributed by atoms with Gasteiger partial charge in [-0.2, -0.15) is 0 Å². The predicted octanol–water partition coefficient (Wildman–Crippen LogP) is 2.89. The van der Waals surface area contributed by atoms with E-state index in [2.05, 4.69) is 0 Å². The third kappa shape index (κ3) is 3.78. The lowest BCUT2D eigenvalue weighted by atomic mass is 10.1. The Hall–Kier alpha value is -2.04. The van der Waals surface area contributed by atoms with Crippen LogP contribution in [0.15, 0.2) is 18.2 Å². The van der Waals surface area contributed by atoms with Gasteiger partial charge in [0, 0.05) is 18.8 Å². The second kappa shape index (κ2) is 5.99. The quantitative estimate of drug-likeness (QED) is 0.801. The first-order valence-corrected chi connectivity index (χ1v) is 7.53. The van der Waals surface area contributed by atoms with Crippen LogP contribution in [-0.4, -0.2) is 42.1 Å². The molecule has 120 valence electrons. The minimum Gasteiger partial charge on any atom is -0.444 e. The molecule has 0 spiro atoms. The molecule has 22 heavy (non-hydrogen) atoms. The Balaban J connectivity index is 2.05. The van der Waals surface area contributed by atoms with Crippen LogP contribution >= 0.6 is 0 Å². The summed E-state index contributed by atoms with van der Waals surface area (Å²) in [6, 6.07) is 5.97. The number of carbonyl (C=O) groups excluding carboxylic acids is 2. The molecule has 1 aliphatic rings. The van der Waals surface area contributed by atoms with Crippen molar-refractivity contribution in [3.63, 3.8) is 0 Å². The average molecular weight is 304 g/mol. The first-order valence-electron chi connectivity index (χ1n) is 7.53. The molecule has 5 heteroatoms. The summed E-state index contributed by atoms with van der Waals surface area (Å²) in [6.45, 7) is 10.5. The van der Waals surface area contributed by atoms with Crippen molar-refractivity contribution in [2.24, 2.45) is 0 Å². The molecule has 0 unspecified atom stereocenters. The van der Waals surface area contributed by atoms with E-state index in [0.29, 0.717) is 13.1 Å². The summed E-state index contributed by atoms with van der Waals surface area (Å²) in [5.74, 6) is -0.0830. The van der Waals surface area contributed by atoms with Gasteiger partial charge < -0.3 is 9.64 Å². The molecule has 1 heterocycles. The van der Waals surface area contributed by atoms with Gasteiger partial charge in [-0.15, -0.1) is 0 Å². The highest BCUT2D eigenvalue weighted by Crippen LogP contribution is 2.21. The lowest BCUT2D eigenvalue weighted by Gasteiger charge is -2.35. The van der Waals surface area contributed by atoms with E-state index in [0.717, 1.165) is 11.3 Å². The van der Waals surface area contributed by atoms with Crippen molar-refractivity contribution in [2.45, 2.75) is 40.2 Å². The maximum absolute atomic E-state index is 12.3. The highest BCUT2D eigenvalue weighted by Gasteiger charge is 2.30. The number of amides is 2. The maximum Gasteiger partial charge on any atom is 0.410 e. The molecule has 2 rings (SSSR count). The van der Waals surface area contributed by atoms with Crippen LogP contribution < -0.4 is 4.90 Å². The molecule has 1 saturated heterocycles. The molecule has 1 fully saturated rings. The highest BCUT2D eigenvalue weighted by molar-refractivity contribution is 5.97. The van der Waals surface area contributed by atoms with Crippen molar-refractivity contribution in [3.05, 3.63) is 29.3 Å². The molecular weight excluding hydrogens is 280 g/mol. The Kier molecular flexibility index (Phi) is 4.44. The van der Waals surface area contributed by atoms with Gasteiger partial charge in [0.1, 0.15) is 12.1 Å². The van der Waals surface area contributed by atoms with Crippen LogP contribution in [-0.2, 0) is 9.53 Å². The van der Waals surface area contributed by atoms with E-state index in [1.807, 2.05) is 52.8 Å². The number of anilines is 1. The van der Waals surface area contributed by atoms with Gasteiger partial charge in [0.15, 0.2) is 0 Å². The molecular formula is C17H24N2O3. The number of aryl methyl sites for hydroxylation is 2. The van der Waals surface area contributed by atoms with E-state index >= 15 is 0 Å². The zero-order valence-corrected chi connectivity index (χ0v) is 14.0. The molecule has 1 aliphatic heterocycles. The van der Waals surface area contributed by atoms with Crippen LogP contribution in [0, 0.1) is 13.8 Å². The number of nitrogens with zero attached hydrogens (tertiary/aromatic N) is 2. The van der Waals surface area contributed by atoms with Crippen molar-refractivity contribution in [1.29, 1.82) is 0 Å². The number of hydrogen-bond donors (Lipinski definition) is 0. The van der Waals surface area contributed by atoms with Crippen LogP contribution in [0.5, 0.6) is 0 Å². The van der Waals surface area contributed by atoms with Crippen molar-refractivity contribution in [1.82, 2.24) is 4.90 Å². The first kappa shape index (κ1) is 16.3. The van der Waals surface area contributed by atoms with Gasteiger partial charge in [-0.3, -0.25) is 9.69 Å². The topological polar surface area (TPSA) is 49.9 Å². The Bertz CT molecular complexity index is 590. The summed E-state index contributed by atoms with van der Waals surface area (Å²) in [5, 5.41) is 0. The summed E-state index contributed by atoms with van der Waals surface area (Å²) in [4.78, 5) is 27.6. The number of ether oxygens (including phenoxy) is 1. The largest absolute Gasteiger partial charge is 0.444 e. The second-order valence-electron chi connectivity index (χ2n) is 6.72. The Morgan fingerprint density at radius 1 is 1.14 bits per heavy atom. The number of carbonyl (C=O) groups is 2. The van der Waals surface area contributed by atoms with E-state index in [1.54, 1.807) is 4.90 Å². The van der Waals surface area contributed by atoms with E-state index in [1.165, 1.54) is 10.5 Å². The van der Waals surface area contributed by atoms with Gasteiger partial charge >= 0.3 is 6.09 Å². The molecule has 0 aliphatic carbocycles. The molecule has 0 N–H and O–H groups in total. The molecule has 1 aromatic carbocycles. The van der Waals surface area contributed by atoms with Gasteiger partial charge in [0.2, 0.25) is 5.91 Å². The number of hydrogen-bond acceptors (Lipinski definition) is 3. The van der Waals surface area contributed by atoms with Gasteiger partial charge in [-0.05, 0) is 57.9 Å². The Morgan fingerprint density at radius 3 is 2.36 bits per heavy atom. The van der Waals surface area contributed by atoms with Crippen molar-refractivity contribution in [3.8, 4) is 0 Å². The summed E-state index contributed by atoms with van der Waals surface area (Å²) in [5.41, 5.74) is 2.69. The number of rotatable bonds is 1. The third-order valence-electron chi connectivity index (χ3n) is 3.67. The summed E-state index contributed by atoms with van der Waals surface area (Å²) in [7, 11) is 0. The summed E-state index contributed by atoms with van der Waals surface area (Å²) < 4.78 is 5.32. The predicted molar refractivity (Wildman–Crippen MR) is 86.1 cm³/mol. The van der Waals surface area contributed by atoms with Crippen LogP contribution in [0.4, 0.5) is 10.5 Å². The molecule has 0 bridgehead atoms. The van der Waals surface area contributed by atoms with Gasteiger partial charge in [-0.1, -0.05) is 6.07 Å². The fourth-order valence-corrected chi connectivity index (χ4v) is 2.32. The monoisotopic (exact) mass is 304 g/mol. The fourth-order valence-electron chi connectivity index (χ4n) is 2.32. The van der Waals surface area contributed by atoms with Crippen molar-refractivity contribution in [2.75, 3.05) is 24.5 Å². The molecule has 0 saturated carbocycles. The van der Waals surface area contributed by atoms with Crippen molar-refractivity contribution >= 4 is 17.7 Å². The highest BCUT2D eigenvalue weighted by atomic mass is 16.6. The summed E-state index contributed by atoms with van der Waals surface area (Å²) >= 11 is 0. The molecule has 2 amide bonds. The van der Waals surface area contributed by atoms with E-state index in [-0.39, 0.29) is 12.5 Å². The van der Waals surface area contributed by atoms with Crippen LogP contribution in [0.1, 0.15) is 31.9 Å². The summed E-state index contributed by atoms with van der Waals surface area (Å²) in [6.07, 6.45) is -0.430. The minimum absolute atomic E-state index is 0.0574. The number of piperazine rings is 1. The van der Waals surface area contributed by atoms with Gasteiger partial charge in [0.25, 0.3) is 0 Å². The number of benzene rings is 1. The first-order chi connectivity index (χ1) is 10.2. The van der Waals surface area contributed by atoms with E-state index in [4.69, 9.17) is 4.74 Å². The van der Waals surface area contributed by atoms with Crippen LogP contribution in [0.3, 0.4) is 0 Å². The van der Waals surface area contributed by atoms with Gasteiger partial charge in [-0.25, -0.2) is 4.79 Å². The molecule has 0 atom stereocenters. The lowest BCUT2D eigenvalue weighted by Crippen LogP contribution is -2.53. The SMILES string of the molecule is Cc1ccc(N2CCN(C(=O)OC(C)(C)C)CC2=O)cc1C. The molecule has 5 nitrogen and oxygen atoms in total. The standard InChI is InChI=1S/C17H24N2O3/c1-12-6-7-14(10-13(12)2)19-9-8-18(11-15(19)20)16(21)22-17(3,4)5/h6-7,10H,8-9,11H2,1-5H3. The average Bonchev–Trinajstić information content (AvgIpc) is 2.40. The van der Waals surface area contributed by atoms with Crippen LogP contribution in [0.2, 0.25) is 0 Å². The molecule has 0 radical (unpaired) electrons. The fraction of sp³-hybridized carbons (Fsp3) is 0.529. The zero-order chi connectivity index (χ0) is 16.5. The third-order valence-corrected chi connectivity index (χ3v) is 3.67. The molecule has 1 aromatic rings. The maximum atomic E-state index is 12.3. The molecule has 0 aromatic heterocycles. The Labute approximate surface area is 131 Å². The smallest absolute Gasteiger partial charge is 0.410 e. The lowest BCUT2D eigenvalue weighted by molar-refractivity contribution is -0.121. The normalized spacial score (nSPS) is 16.0. The minimum atomic E-state index is -0.550. The second-order valence-corrected chi connectivity index (χ2v) is 6.72. The van der Waals surface area contributed by atoms with Crippen LogP contribution in [0.25, 0.3) is 0 Å². The Morgan fingerprint density at radius 2 is 1.82 bits per heavy atom. The van der Waals surface area contributed by atoms with Gasteiger partial charge in [0.05, 0.1) is 0 Å².